The molecule has 0 radical (unpaired) electrons. The standard InChI is InChI=1S/C18H17ClF2N4O2/c1-10(26)22-4-5-25-9-16-12(18(25)27)2-3-17(24-16)23-8-11-6-13(19)15(21)7-14(11)20/h2-3,6-7H,4-5,8-9H2,1H3,(H,22,26)(H,23,24). The van der Waals surface area contributed by atoms with E-state index in [0.29, 0.717) is 36.7 Å². The van der Waals surface area contributed by atoms with Crippen LogP contribution in [0.25, 0.3) is 0 Å². The molecule has 0 spiro atoms. The van der Waals surface area contributed by atoms with Crippen molar-refractivity contribution in [3.05, 3.63) is 57.7 Å². The van der Waals surface area contributed by atoms with Crippen LogP contribution in [0.2, 0.25) is 5.02 Å². The molecule has 0 aliphatic carbocycles. The van der Waals surface area contributed by atoms with Gasteiger partial charge in [-0.15, -0.1) is 0 Å². The molecule has 3 rings (SSSR count). The molecule has 0 saturated heterocycles. The number of hydrogen-bond acceptors (Lipinski definition) is 4. The highest BCUT2D eigenvalue weighted by Gasteiger charge is 2.28. The number of carbonyl (C=O) groups is 2. The van der Waals surface area contributed by atoms with E-state index >= 15 is 0 Å². The van der Waals surface area contributed by atoms with Gasteiger partial charge in [0.15, 0.2) is 0 Å². The molecule has 1 aromatic heterocycles. The molecule has 142 valence electrons. The number of hydrogen-bond donors (Lipinski definition) is 2. The topological polar surface area (TPSA) is 74.3 Å². The summed E-state index contributed by atoms with van der Waals surface area (Å²) < 4.78 is 27.0. The van der Waals surface area contributed by atoms with Crippen molar-refractivity contribution in [3.8, 4) is 0 Å². The highest BCUT2D eigenvalue weighted by atomic mass is 35.5. The molecule has 2 heterocycles. The van der Waals surface area contributed by atoms with Gasteiger partial charge in [-0.3, -0.25) is 9.59 Å². The van der Waals surface area contributed by atoms with Crippen LogP contribution in [0, 0.1) is 11.6 Å². The fourth-order valence-electron chi connectivity index (χ4n) is 2.77. The van der Waals surface area contributed by atoms with Crippen molar-refractivity contribution >= 4 is 29.2 Å². The van der Waals surface area contributed by atoms with Crippen molar-refractivity contribution in [2.45, 2.75) is 20.0 Å². The summed E-state index contributed by atoms with van der Waals surface area (Å²) >= 11 is 5.68. The number of pyridine rings is 1. The quantitative estimate of drug-likeness (QED) is 0.739. The highest BCUT2D eigenvalue weighted by molar-refractivity contribution is 6.30. The first-order valence-corrected chi connectivity index (χ1v) is 8.64. The lowest BCUT2D eigenvalue weighted by molar-refractivity contribution is -0.119. The molecule has 2 N–H and O–H groups in total. The Hall–Kier alpha value is -2.74. The number of amides is 2. The molecule has 6 nitrogen and oxygen atoms in total. The number of anilines is 1. The van der Waals surface area contributed by atoms with E-state index in [2.05, 4.69) is 15.6 Å². The Morgan fingerprint density at radius 3 is 2.81 bits per heavy atom. The Kier molecular flexibility index (Phi) is 5.55. The van der Waals surface area contributed by atoms with Crippen LogP contribution in [0.3, 0.4) is 0 Å². The van der Waals surface area contributed by atoms with Crippen molar-refractivity contribution in [1.82, 2.24) is 15.2 Å². The lowest BCUT2D eigenvalue weighted by Crippen LogP contribution is -2.34. The predicted octanol–water partition coefficient (Wildman–Crippen LogP) is 2.72. The first kappa shape index (κ1) is 19.0. The van der Waals surface area contributed by atoms with Gasteiger partial charge in [0.05, 0.1) is 22.8 Å². The first-order chi connectivity index (χ1) is 12.8. The number of rotatable bonds is 6. The molecule has 0 bridgehead atoms. The second-order valence-electron chi connectivity index (χ2n) is 6.11. The smallest absolute Gasteiger partial charge is 0.256 e. The van der Waals surface area contributed by atoms with Crippen LogP contribution in [-0.2, 0) is 17.9 Å². The van der Waals surface area contributed by atoms with Gasteiger partial charge < -0.3 is 15.5 Å². The van der Waals surface area contributed by atoms with E-state index < -0.39 is 11.6 Å². The van der Waals surface area contributed by atoms with E-state index in [4.69, 9.17) is 11.6 Å². The number of nitrogens with one attached hydrogen (secondary N) is 2. The summed E-state index contributed by atoms with van der Waals surface area (Å²) in [5.74, 6) is -1.36. The summed E-state index contributed by atoms with van der Waals surface area (Å²) in [6, 6.07) is 5.23. The van der Waals surface area contributed by atoms with Gasteiger partial charge in [-0.2, -0.15) is 0 Å². The van der Waals surface area contributed by atoms with Gasteiger partial charge in [-0.1, -0.05) is 11.6 Å². The summed E-state index contributed by atoms with van der Waals surface area (Å²) in [5, 5.41) is 5.43. The highest BCUT2D eigenvalue weighted by Crippen LogP contribution is 2.24. The number of carbonyl (C=O) groups excluding carboxylic acids is 2. The Labute approximate surface area is 159 Å². The first-order valence-electron chi connectivity index (χ1n) is 8.26. The lowest BCUT2D eigenvalue weighted by Gasteiger charge is -2.14. The van der Waals surface area contributed by atoms with Crippen LogP contribution in [0.1, 0.15) is 28.5 Å². The average molecular weight is 395 g/mol. The monoisotopic (exact) mass is 394 g/mol. The second-order valence-corrected chi connectivity index (χ2v) is 6.52. The van der Waals surface area contributed by atoms with Crippen LogP contribution < -0.4 is 10.6 Å². The maximum absolute atomic E-state index is 13.8. The molecule has 0 atom stereocenters. The minimum atomic E-state index is -0.813. The zero-order valence-electron chi connectivity index (χ0n) is 14.5. The van der Waals surface area contributed by atoms with Crippen molar-refractivity contribution in [2.24, 2.45) is 0 Å². The van der Waals surface area contributed by atoms with E-state index in [1.54, 1.807) is 17.0 Å². The summed E-state index contributed by atoms with van der Waals surface area (Å²) in [7, 11) is 0. The molecule has 2 aromatic rings. The van der Waals surface area contributed by atoms with Crippen LogP contribution in [0.4, 0.5) is 14.6 Å². The third kappa shape index (κ3) is 4.33. The van der Waals surface area contributed by atoms with Gasteiger partial charge in [-0.05, 0) is 18.2 Å². The van der Waals surface area contributed by atoms with Crippen LogP contribution >= 0.6 is 11.6 Å². The molecule has 0 saturated carbocycles. The average Bonchev–Trinajstić information content (AvgIpc) is 2.92. The number of aromatic nitrogens is 1. The van der Waals surface area contributed by atoms with Gasteiger partial charge >= 0.3 is 0 Å². The van der Waals surface area contributed by atoms with Gasteiger partial charge in [0, 0.05) is 38.2 Å². The van der Waals surface area contributed by atoms with Crippen LogP contribution in [0.15, 0.2) is 24.3 Å². The maximum atomic E-state index is 13.8. The molecule has 9 heteroatoms. The van der Waals surface area contributed by atoms with Gasteiger partial charge in [0.2, 0.25) is 5.91 Å². The molecule has 0 unspecified atom stereocenters. The minimum absolute atomic E-state index is 0.0673. The van der Waals surface area contributed by atoms with Gasteiger partial charge in [0.1, 0.15) is 17.5 Å². The zero-order chi connectivity index (χ0) is 19.6. The predicted molar refractivity (Wildman–Crippen MR) is 96.4 cm³/mol. The normalized spacial score (nSPS) is 12.9. The third-order valence-electron chi connectivity index (χ3n) is 4.14. The zero-order valence-corrected chi connectivity index (χ0v) is 15.2. The largest absolute Gasteiger partial charge is 0.366 e. The van der Waals surface area contributed by atoms with Crippen molar-refractivity contribution in [3.63, 3.8) is 0 Å². The Morgan fingerprint density at radius 1 is 1.30 bits per heavy atom. The summed E-state index contributed by atoms with van der Waals surface area (Å²) in [6.45, 7) is 2.57. The maximum Gasteiger partial charge on any atom is 0.256 e. The Balaban J connectivity index is 1.65. The molecular weight excluding hydrogens is 378 g/mol. The van der Waals surface area contributed by atoms with E-state index in [0.717, 1.165) is 6.07 Å². The number of nitrogens with zero attached hydrogens (tertiary/aromatic N) is 2. The molecule has 1 aromatic carbocycles. The molecular formula is C18H17ClF2N4O2. The fourth-order valence-corrected chi connectivity index (χ4v) is 2.96. The van der Waals surface area contributed by atoms with E-state index in [1.807, 2.05) is 0 Å². The van der Waals surface area contributed by atoms with Crippen LogP contribution in [-0.4, -0.2) is 34.8 Å². The van der Waals surface area contributed by atoms with Crippen molar-refractivity contribution < 1.29 is 18.4 Å². The Bertz CT molecular complexity index is 907. The number of benzene rings is 1. The fraction of sp³-hybridized carbons (Fsp3) is 0.278. The molecule has 2 amide bonds. The lowest BCUT2D eigenvalue weighted by atomic mass is 10.2. The molecule has 27 heavy (non-hydrogen) atoms. The minimum Gasteiger partial charge on any atom is -0.366 e. The summed E-state index contributed by atoms with van der Waals surface area (Å²) in [5.41, 5.74) is 1.31. The van der Waals surface area contributed by atoms with Crippen LogP contribution in [0.5, 0.6) is 0 Å². The molecule has 0 fully saturated rings. The molecule has 1 aliphatic heterocycles. The van der Waals surface area contributed by atoms with E-state index in [9.17, 15) is 18.4 Å². The number of fused-ring (bicyclic) bond motifs is 1. The van der Waals surface area contributed by atoms with Gasteiger partial charge in [0.25, 0.3) is 5.91 Å². The van der Waals surface area contributed by atoms with E-state index in [1.165, 1.54) is 13.0 Å². The number of halogens is 3. The van der Waals surface area contributed by atoms with Crippen molar-refractivity contribution in [1.29, 1.82) is 0 Å². The second kappa shape index (κ2) is 7.87. The van der Waals surface area contributed by atoms with Gasteiger partial charge in [-0.25, -0.2) is 13.8 Å². The summed E-state index contributed by atoms with van der Waals surface area (Å²) in [4.78, 5) is 29.2. The van der Waals surface area contributed by atoms with E-state index in [-0.39, 0.29) is 28.9 Å². The third-order valence-corrected chi connectivity index (χ3v) is 4.43. The summed E-state index contributed by atoms with van der Waals surface area (Å²) in [6.07, 6.45) is 0. The Morgan fingerprint density at radius 2 is 2.07 bits per heavy atom. The molecule has 1 aliphatic rings. The SMILES string of the molecule is CC(=O)NCCN1Cc2nc(NCc3cc(Cl)c(F)cc3F)ccc2C1=O. The van der Waals surface area contributed by atoms with Crippen molar-refractivity contribution in [2.75, 3.05) is 18.4 Å².